The van der Waals surface area contributed by atoms with Crippen LogP contribution in [0.3, 0.4) is 0 Å². The second kappa shape index (κ2) is 16.1. The fourth-order valence-electron chi connectivity index (χ4n) is 6.55. The van der Waals surface area contributed by atoms with Gasteiger partial charge in [-0.2, -0.15) is 0 Å². The van der Waals surface area contributed by atoms with Crippen molar-refractivity contribution in [1.82, 2.24) is 0 Å². The van der Waals surface area contributed by atoms with Gasteiger partial charge in [0.2, 0.25) is 0 Å². The monoisotopic (exact) mass is 588 g/mol. The Hall–Kier alpha value is -3.40. The summed E-state index contributed by atoms with van der Waals surface area (Å²) in [6.07, 6.45) is 36.0. The average molecular weight is 589 g/mol. The number of aliphatic imine (C=N–C) groups is 4. The Balaban J connectivity index is 1.69. The fourth-order valence-corrected chi connectivity index (χ4v) is 6.55. The first-order chi connectivity index (χ1) is 21.7. The summed E-state index contributed by atoms with van der Waals surface area (Å²) in [7, 11) is 0. The van der Waals surface area contributed by atoms with Crippen LogP contribution in [0, 0.1) is 0 Å². The zero-order valence-electron chi connectivity index (χ0n) is 27.7. The maximum atomic E-state index is 5.32. The molecular weight excluding hydrogens is 536 g/mol. The van der Waals surface area contributed by atoms with E-state index in [-0.39, 0.29) is 0 Å². The van der Waals surface area contributed by atoms with E-state index in [1.54, 1.807) is 0 Å². The number of fused-ring (bicyclic) bond motifs is 4. The average Bonchev–Trinajstić information content (AvgIpc) is 3.86. The van der Waals surface area contributed by atoms with Crippen LogP contribution in [-0.4, -0.2) is 22.8 Å². The molecule has 0 aromatic carbocycles. The summed E-state index contributed by atoms with van der Waals surface area (Å²) in [5.74, 6) is 0. The topological polar surface area (TPSA) is 49.4 Å². The van der Waals surface area contributed by atoms with Crippen molar-refractivity contribution < 1.29 is 0 Å². The molecule has 5 aliphatic heterocycles. The van der Waals surface area contributed by atoms with Crippen molar-refractivity contribution in [2.75, 3.05) is 0 Å². The Morgan fingerprint density at radius 2 is 0.545 bits per heavy atom. The van der Waals surface area contributed by atoms with E-state index in [0.717, 1.165) is 97.0 Å². The zero-order valence-corrected chi connectivity index (χ0v) is 27.7. The molecule has 0 radical (unpaired) electrons. The molecule has 0 saturated heterocycles. The van der Waals surface area contributed by atoms with Gasteiger partial charge in [-0.3, -0.25) is 0 Å². The normalized spacial score (nSPS) is 18.8. The van der Waals surface area contributed by atoms with Crippen molar-refractivity contribution in [2.24, 2.45) is 20.0 Å². The predicted octanol–water partition coefficient (Wildman–Crippen LogP) is 11.4. The fraction of sp³-hybridized carbons (Fsp3) is 0.500. The molecule has 5 aliphatic rings. The molecule has 8 bridgehead atoms. The number of hydrogen-bond acceptors (Lipinski definition) is 4. The minimum atomic E-state index is 0.991. The maximum Gasteiger partial charge on any atom is 0.0691 e. The van der Waals surface area contributed by atoms with Gasteiger partial charge in [0, 0.05) is 22.3 Å². The van der Waals surface area contributed by atoms with Crippen molar-refractivity contribution >= 4 is 22.8 Å². The molecule has 0 amide bonds. The van der Waals surface area contributed by atoms with Crippen molar-refractivity contribution in [3.05, 3.63) is 93.7 Å². The lowest BCUT2D eigenvalue weighted by molar-refractivity contribution is 0.718. The van der Waals surface area contributed by atoms with E-state index >= 15 is 0 Å². The minimum absolute atomic E-state index is 0.991. The molecule has 4 nitrogen and oxygen atoms in total. The molecule has 44 heavy (non-hydrogen) atoms. The molecule has 0 N–H and O–H groups in total. The molecule has 5 heterocycles. The van der Waals surface area contributed by atoms with E-state index in [9.17, 15) is 0 Å². The molecule has 5 rings (SSSR count). The van der Waals surface area contributed by atoms with E-state index in [4.69, 9.17) is 20.0 Å². The Bertz CT molecular complexity index is 1250. The summed E-state index contributed by atoms with van der Waals surface area (Å²) in [6.45, 7) is 9.08. The van der Waals surface area contributed by atoms with Crippen molar-refractivity contribution in [1.29, 1.82) is 0 Å². The van der Waals surface area contributed by atoms with Gasteiger partial charge in [0.15, 0.2) is 0 Å². The zero-order chi connectivity index (χ0) is 30.7. The van der Waals surface area contributed by atoms with Crippen LogP contribution in [0.2, 0.25) is 0 Å². The highest BCUT2D eigenvalue weighted by molar-refractivity contribution is 6.19. The van der Waals surface area contributed by atoms with Crippen LogP contribution in [0.25, 0.3) is 0 Å². The first-order valence-corrected chi connectivity index (χ1v) is 17.7. The molecule has 0 aromatic rings. The third kappa shape index (κ3) is 7.62. The molecule has 0 saturated carbocycles. The molecule has 0 aliphatic carbocycles. The SMILES string of the molecule is CCCCCC1=C2C=CC(=N2)C(CCCCC)=C2C=CC(=N2)C(CCCCC)=C2C=CC(=N2)C(CCCCC)=C2C=CC1=N2. The van der Waals surface area contributed by atoms with Crippen molar-refractivity contribution in [3.63, 3.8) is 0 Å². The maximum absolute atomic E-state index is 5.32. The first-order valence-electron chi connectivity index (χ1n) is 17.7. The number of unbranched alkanes of at least 4 members (excludes halogenated alkanes) is 8. The predicted molar refractivity (Wildman–Crippen MR) is 191 cm³/mol. The Kier molecular flexibility index (Phi) is 11.7. The molecular formula is C40H52N4. The van der Waals surface area contributed by atoms with Crippen LogP contribution < -0.4 is 0 Å². The van der Waals surface area contributed by atoms with E-state index in [1.807, 2.05) is 0 Å². The van der Waals surface area contributed by atoms with E-state index in [1.165, 1.54) is 73.7 Å². The van der Waals surface area contributed by atoms with Gasteiger partial charge >= 0.3 is 0 Å². The van der Waals surface area contributed by atoms with E-state index in [0.29, 0.717) is 0 Å². The Labute approximate surface area is 266 Å². The largest absolute Gasteiger partial charge is 0.248 e. The van der Waals surface area contributed by atoms with Gasteiger partial charge in [-0.1, -0.05) is 79.1 Å². The number of allylic oxidation sites excluding steroid dienone is 12. The highest BCUT2D eigenvalue weighted by atomic mass is 14.9. The number of rotatable bonds is 16. The second-order valence-corrected chi connectivity index (χ2v) is 12.6. The van der Waals surface area contributed by atoms with Crippen LogP contribution >= 0.6 is 0 Å². The molecule has 0 atom stereocenters. The third-order valence-corrected chi connectivity index (χ3v) is 9.15. The first kappa shape index (κ1) is 32.0. The van der Waals surface area contributed by atoms with Crippen molar-refractivity contribution in [3.8, 4) is 0 Å². The summed E-state index contributed by atoms with van der Waals surface area (Å²) in [4.78, 5) is 21.3. The molecule has 232 valence electrons. The van der Waals surface area contributed by atoms with Gasteiger partial charge in [0.1, 0.15) is 0 Å². The summed E-state index contributed by atoms with van der Waals surface area (Å²) < 4.78 is 0. The van der Waals surface area contributed by atoms with Gasteiger partial charge in [-0.25, -0.2) is 20.0 Å². The Morgan fingerprint density at radius 1 is 0.318 bits per heavy atom. The van der Waals surface area contributed by atoms with Crippen LogP contribution in [-0.2, 0) is 0 Å². The van der Waals surface area contributed by atoms with Gasteiger partial charge in [-0.15, -0.1) is 0 Å². The quantitative estimate of drug-likeness (QED) is 0.161. The van der Waals surface area contributed by atoms with Gasteiger partial charge < -0.3 is 0 Å². The van der Waals surface area contributed by atoms with E-state index < -0.39 is 0 Å². The lowest BCUT2D eigenvalue weighted by atomic mass is 10.0. The summed E-state index contributed by atoms with van der Waals surface area (Å²) >= 11 is 0. The summed E-state index contributed by atoms with van der Waals surface area (Å²) in [5, 5.41) is 0. The highest BCUT2D eigenvalue weighted by Crippen LogP contribution is 2.34. The standard InChI is InChI=1S/C40H52N4/c1-5-9-13-17-29-33-21-23-35(41-33)30(18-14-10-6-2)37-25-27-39(43-37)32(20-16-12-8-4)40-28-26-38(44-40)31(19-15-11-7-3)36-24-22-34(29)42-36/h21-28H,5-20H2,1-4H3. The van der Waals surface area contributed by atoms with E-state index in [2.05, 4.69) is 76.3 Å². The van der Waals surface area contributed by atoms with Gasteiger partial charge in [0.05, 0.1) is 45.6 Å². The Morgan fingerprint density at radius 3 is 0.750 bits per heavy atom. The second-order valence-electron chi connectivity index (χ2n) is 12.6. The van der Waals surface area contributed by atoms with Crippen LogP contribution in [0.4, 0.5) is 0 Å². The van der Waals surface area contributed by atoms with Crippen LogP contribution in [0.5, 0.6) is 0 Å². The van der Waals surface area contributed by atoms with Gasteiger partial charge in [-0.05, 0) is 100.0 Å². The van der Waals surface area contributed by atoms with Crippen molar-refractivity contribution in [2.45, 2.75) is 130 Å². The van der Waals surface area contributed by atoms with Crippen LogP contribution in [0.15, 0.2) is 114 Å². The highest BCUT2D eigenvalue weighted by Gasteiger charge is 2.25. The molecule has 0 spiro atoms. The number of hydrogen-bond donors (Lipinski definition) is 0. The minimum Gasteiger partial charge on any atom is -0.248 e. The lowest BCUT2D eigenvalue weighted by Gasteiger charge is -2.12. The molecule has 0 unspecified atom stereocenters. The molecule has 0 aromatic heterocycles. The lowest BCUT2D eigenvalue weighted by Crippen LogP contribution is -2.05. The van der Waals surface area contributed by atoms with Gasteiger partial charge in [0.25, 0.3) is 0 Å². The molecule has 4 heteroatoms. The summed E-state index contributed by atoms with van der Waals surface area (Å²) in [5.41, 5.74) is 13.6. The van der Waals surface area contributed by atoms with Crippen LogP contribution in [0.1, 0.15) is 130 Å². The number of nitrogens with zero attached hydrogens (tertiary/aromatic N) is 4. The summed E-state index contributed by atoms with van der Waals surface area (Å²) in [6, 6.07) is 0. The smallest absolute Gasteiger partial charge is 0.0691 e. The third-order valence-electron chi connectivity index (χ3n) is 9.15. The molecule has 0 fully saturated rings.